The summed E-state index contributed by atoms with van der Waals surface area (Å²) in [6.07, 6.45) is 2.32. The predicted molar refractivity (Wildman–Crippen MR) is 64.0 cm³/mol. The second-order valence-electron chi connectivity index (χ2n) is 4.81. The number of aliphatic hydroxyl groups excluding tert-OH is 1. The van der Waals surface area contributed by atoms with Gasteiger partial charge in [-0.2, -0.15) is 0 Å². The molecule has 0 amide bonds. The maximum atomic E-state index is 9.08. The molecule has 1 atom stereocenters. The zero-order valence-corrected chi connectivity index (χ0v) is 10.6. The summed E-state index contributed by atoms with van der Waals surface area (Å²) in [4.78, 5) is 0. The van der Waals surface area contributed by atoms with Gasteiger partial charge >= 0.3 is 0 Å². The van der Waals surface area contributed by atoms with E-state index in [2.05, 4.69) is 33.0 Å². The molecule has 0 saturated carbocycles. The molecule has 3 nitrogen and oxygen atoms in total. The second kappa shape index (κ2) is 9.13. The molecule has 0 saturated heterocycles. The third-order valence-electron chi connectivity index (χ3n) is 2.18. The fourth-order valence-corrected chi connectivity index (χ4v) is 1.44. The van der Waals surface area contributed by atoms with Crippen molar-refractivity contribution in [2.24, 2.45) is 5.92 Å². The molecule has 0 bridgehead atoms. The van der Waals surface area contributed by atoms with E-state index in [-0.39, 0.29) is 12.6 Å². The van der Waals surface area contributed by atoms with Gasteiger partial charge in [0, 0.05) is 12.6 Å². The van der Waals surface area contributed by atoms with E-state index < -0.39 is 0 Å². The number of rotatable bonds is 9. The molecular weight excluding hydrogens is 190 g/mol. The van der Waals surface area contributed by atoms with Gasteiger partial charge in [-0.25, -0.2) is 0 Å². The van der Waals surface area contributed by atoms with E-state index in [1.54, 1.807) is 0 Å². The molecule has 0 rings (SSSR count). The predicted octanol–water partition coefficient (Wildman–Crippen LogP) is 1.80. The first-order valence-corrected chi connectivity index (χ1v) is 6.01. The Morgan fingerprint density at radius 3 is 2.33 bits per heavy atom. The van der Waals surface area contributed by atoms with Crippen molar-refractivity contribution in [2.75, 3.05) is 19.8 Å². The van der Waals surface area contributed by atoms with E-state index in [9.17, 15) is 0 Å². The summed E-state index contributed by atoms with van der Waals surface area (Å²) in [7, 11) is 0. The third kappa shape index (κ3) is 10.2. The first-order chi connectivity index (χ1) is 7.06. The number of nitrogens with one attached hydrogen (secondary N) is 1. The largest absolute Gasteiger partial charge is 0.395 e. The number of hydrogen-bond donors (Lipinski definition) is 2. The Bertz CT molecular complexity index is 138. The van der Waals surface area contributed by atoms with Crippen molar-refractivity contribution in [2.45, 2.75) is 52.6 Å². The van der Waals surface area contributed by atoms with Crippen molar-refractivity contribution in [1.29, 1.82) is 0 Å². The molecule has 0 aliphatic carbocycles. The van der Waals surface area contributed by atoms with Crippen molar-refractivity contribution in [3.63, 3.8) is 0 Å². The van der Waals surface area contributed by atoms with Crippen LogP contribution in [0.2, 0.25) is 0 Å². The highest BCUT2D eigenvalue weighted by atomic mass is 16.5. The standard InChI is InChI=1S/C12H27NO2/c1-10(2)6-5-7-15-9-12(8-14)13-11(3)4/h10-14H,5-9H2,1-4H3. The highest BCUT2D eigenvalue weighted by Gasteiger charge is 2.08. The molecule has 0 radical (unpaired) electrons. The average Bonchev–Trinajstić information content (AvgIpc) is 2.14. The van der Waals surface area contributed by atoms with Crippen LogP contribution in [-0.2, 0) is 4.74 Å². The SMILES string of the molecule is CC(C)CCCOCC(CO)NC(C)C. The van der Waals surface area contributed by atoms with Gasteiger partial charge in [-0.3, -0.25) is 0 Å². The summed E-state index contributed by atoms with van der Waals surface area (Å²) >= 11 is 0. The Balaban J connectivity index is 3.38. The van der Waals surface area contributed by atoms with Gasteiger partial charge in [0.15, 0.2) is 0 Å². The Kier molecular flexibility index (Phi) is 9.06. The van der Waals surface area contributed by atoms with Gasteiger partial charge in [-0.05, 0) is 18.8 Å². The Hall–Kier alpha value is -0.120. The maximum absolute atomic E-state index is 9.08. The summed E-state index contributed by atoms with van der Waals surface area (Å²) in [5.41, 5.74) is 0. The van der Waals surface area contributed by atoms with Gasteiger partial charge in [0.05, 0.1) is 19.3 Å². The molecule has 0 heterocycles. The molecule has 0 fully saturated rings. The molecule has 0 aromatic carbocycles. The highest BCUT2D eigenvalue weighted by Crippen LogP contribution is 2.03. The summed E-state index contributed by atoms with van der Waals surface area (Å²) in [6, 6.07) is 0.463. The topological polar surface area (TPSA) is 41.5 Å². The van der Waals surface area contributed by atoms with Gasteiger partial charge < -0.3 is 15.2 Å². The van der Waals surface area contributed by atoms with E-state index >= 15 is 0 Å². The highest BCUT2D eigenvalue weighted by molar-refractivity contribution is 4.67. The van der Waals surface area contributed by atoms with Crippen LogP contribution in [0.1, 0.15) is 40.5 Å². The average molecular weight is 217 g/mol. The van der Waals surface area contributed by atoms with Crippen molar-refractivity contribution >= 4 is 0 Å². The monoisotopic (exact) mass is 217 g/mol. The second-order valence-corrected chi connectivity index (χ2v) is 4.81. The summed E-state index contributed by atoms with van der Waals surface area (Å²) in [6.45, 7) is 10.1. The van der Waals surface area contributed by atoms with Crippen LogP contribution < -0.4 is 5.32 Å². The number of ether oxygens (including phenoxy) is 1. The lowest BCUT2D eigenvalue weighted by molar-refractivity contribution is 0.0821. The molecule has 0 aliphatic rings. The molecule has 92 valence electrons. The number of hydrogen-bond acceptors (Lipinski definition) is 3. The molecule has 1 unspecified atom stereocenters. The number of aliphatic hydroxyl groups is 1. The molecule has 0 spiro atoms. The van der Waals surface area contributed by atoms with E-state index in [1.165, 1.54) is 6.42 Å². The van der Waals surface area contributed by atoms with E-state index in [0.29, 0.717) is 12.6 Å². The van der Waals surface area contributed by atoms with Crippen molar-refractivity contribution < 1.29 is 9.84 Å². The Morgan fingerprint density at radius 1 is 1.20 bits per heavy atom. The van der Waals surface area contributed by atoms with Gasteiger partial charge in [-0.1, -0.05) is 27.7 Å². The molecule has 15 heavy (non-hydrogen) atoms. The van der Waals surface area contributed by atoms with Gasteiger partial charge in [0.2, 0.25) is 0 Å². The first-order valence-electron chi connectivity index (χ1n) is 6.01. The van der Waals surface area contributed by atoms with Gasteiger partial charge in [-0.15, -0.1) is 0 Å². The van der Waals surface area contributed by atoms with E-state index in [4.69, 9.17) is 9.84 Å². The normalized spacial score (nSPS) is 13.8. The molecule has 2 N–H and O–H groups in total. The van der Waals surface area contributed by atoms with Crippen LogP contribution in [0.5, 0.6) is 0 Å². The summed E-state index contributed by atoms with van der Waals surface area (Å²) in [5, 5.41) is 12.3. The molecule has 3 heteroatoms. The van der Waals surface area contributed by atoms with Crippen LogP contribution in [0.25, 0.3) is 0 Å². The Morgan fingerprint density at radius 2 is 1.87 bits per heavy atom. The van der Waals surface area contributed by atoms with Crippen LogP contribution >= 0.6 is 0 Å². The van der Waals surface area contributed by atoms with Gasteiger partial charge in [0.1, 0.15) is 0 Å². The van der Waals surface area contributed by atoms with Crippen molar-refractivity contribution in [1.82, 2.24) is 5.32 Å². The third-order valence-corrected chi connectivity index (χ3v) is 2.18. The van der Waals surface area contributed by atoms with Crippen LogP contribution in [0, 0.1) is 5.92 Å². The Labute approximate surface area is 94.2 Å². The zero-order valence-electron chi connectivity index (χ0n) is 10.6. The van der Waals surface area contributed by atoms with Crippen molar-refractivity contribution in [3.05, 3.63) is 0 Å². The van der Waals surface area contributed by atoms with Crippen LogP contribution in [0.15, 0.2) is 0 Å². The summed E-state index contributed by atoms with van der Waals surface area (Å²) in [5.74, 6) is 0.746. The first kappa shape index (κ1) is 14.9. The van der Waals surface area contributed by atoms with Gasteiger partial charge in [0.25, 0.3) is 0 Å². The lowest BCUT2D eigenvalue weighted by atomic mass is 10.1. The quantitative estimate of drug-likeness (QED) is 0.579. The molecule has 0 aromatic heterocycles. The van der Waals surface area contributed by atoms with Crippen LogP contribution in [0.3, 0.4) is 0 Å². The van der Waals surface area contributed by atoms with Crippen LogP contribution in [-0.4, -0.2) is 37.0 Å². The minimum Gasteiger partial charge on any atom is -0.395 e. The van der Waals surface area contributed by atoms with E-state index in [1.807, 2.05) is 0 Å². The molecule has 0 aromatic rings. The minimum absolute atomic E-state index is 0.0732. The van der Waals surface area contributed by atoms with Crippen LogP contribution in [0.4, 0.5) is 0 Å². The smallest absolute Gasteiger partial charge is 0.0642 e. The zero-order chi connectivity index (χ0) is 11.7. The fraction of sp³-hybridized carbons (Fsp3) is 1.00. The maximum Gasteiger partial charge on any atom is 0.0642 e. The lowest BCUT2D eigenvalue weighted by Crippen LogP contribution is -2.40. The fourth-order valence-electron chi connectivity index (χ4n) is 1.44. The minimum atomic E-state index is 0.0732. The summed E-state index contributed by atoms with van der Waals surface area (Å²) < 4.78 is 5.52. The lowest BCUT2D eigenvalue weighted by Gasteiger charge is -2.19. The molecular formula is C12H27NO2. The van der Waals surface area contributed by atoms with Crippen molar-refractivity contribution in [3.8, 4) is 0 Å². The van der Waals surface area contributed by atoms with E-state index in [0.717, 1.165) is 18.9 Å². The molecule has 0 aliphatic heterocycles.